The molecule has 0 aliphatic carbocycles. The van der Waals surface area contributed by atoms with E-state index in [0.29, 0.717) is 25.6 Å². The lowest BCUT2D eigenvalue weighted by molar-refractivity contribution is -0.131. The average Bonchev–Trinajstić information content (AvgIpc) is 2.95. The van der Waals surface area contributed by atoms with Crippen molar-refractivity contribution >= 4 is 11.8 Å². The van der Waals surface area contributed by atoms with Gasteiger partial charge in [-0.2, -0.15) is 0 Å². The minimum Gasteiger partial charge on any atom is -0.343 e. The van der Waals surface area contributed by atoms with Crippen LogP contribution in [0.2, 0.25) is 0 Å². The topological polar surface area (TPSA) is 67.2 Å². The van der Waals surface area contributed by atoms with Crippen molar-refractivity contribution in [3.8, 4) is 0 Å². The molecule has 144 valence electrons. The highest BCUT2D eigenvalue weighted by Gasteiger charge is 2.26. The van der Waals surface area contributed by atoms with Gasteiger partial charge in [-0.25, -0.2) is 13.8 Å². The van der Waals surface area contributed by atoms with Gasteiger partial charge in [0.25, 0.3) is 5.91 Å². The number of hydrogen-bond acceptors (Lipinski definition) is 3. The number of benzene rings is 1. The fourth-order valence-corrected chi connectivity index (χ4v) is 3.33. The predicted molar refractivity (Wildman–Crippen MR) is 95.1 cm³/mol. The molecular formula is C19H22F2N4O2. The van der Waals surface area contributed by atoms with Crippen molar-refractivity contribution in [2.75, 3.05) is 13.1 Å². The van der Waals surface area contributed by atoms with Crippen molar-refractivity contribution in [2.24, 2.45) is 7.05 Å². The number of hydrogen-bond donors (Lipinski definition) is 1. The van der Waals surface area contributed by atoms with E-state index in [1.54, 1.807) is 4.90 Å². The summed E-state index contributed by atoms with van der Waals surface area (Å²) >= 11 is 0. The summed E-state index contributed by atoms with van der Waals surface area (Å²) in [7, 11) is 1.98. The van der Waals surface area contributed by atoms with Gasteiger partial charge in [0, 0.05) is 43.3 Å². The second kappa shape index (κ2) is 7.46. The van der Waals surface area contributed by atoms with Gasteiger partial charge in [-0.05, 0) is 12.1 Å². The molecule has 0 bridgehead atoms. The monoisotopic (exact) mass is 376 g/mol. The molecule has 0 atom stereocenters. The molecule has 1 N–H and O–H groups in total. The fraction of sp³-hybridized carbons (Fsp3) is 0.421. The van der Waals surface area contributed by atoms with Crippen LogP contribution in [0.1, 0.15) is 47.3 Å². The third-order valence-corrected chi connectivity index (χ3v) is 4.68. The van der Waals surface area contributed by atoms with Gasteiger partial charge in [0.05, 0.1) is 18.8 Å². The van der Waals surface area contributed by atoms with Crippen LogP contribution in [0, 0.1) is 11.6 Å². The maximum Gasteiger partial charge on any atom is 0.251 e. The lowest BCUT2D eigenvalue weighted by atomic mass is 10.1. The lowest BCUT2D eigenvalue weighted by Gasteiger charge is -2.27. The van der Waals surface area contributed by atoms with Gasteiger partial charge in [-0.15, -0.1) is 0 Å². The number of carbonyl (C=O) groups is 2. The Kier molecular flexibility index (Phi) is 5.25. The van der Waals surface area contributed by atoms with Crippen LogP contribution < -0.4 is 5.32 Å². The van der Waals surface area contributed by atoms with Crippen LogP contribution in [0.4, 0.5) is 8.78 Å². The largest absolute Gasteiger partial charge is 0.343 e. The number of nitrogens with one attached hydrogen (secondary N) is 1. The first-order valence-electron chi connectivity index (χ1n) is 8.82. The molecule has 0 saturated heterocycles. The number of imidazole rings is 1. The van der Waals surface area contributed by atoms with E-state index < -0.39 is 17.5 Å². The Morgan fingerprint density at radius 2 is 1.89 bits per heavy atom. The third kappa shape index (κ3) is 3.99. The first-order valence-corrected chi connectivity index (χ1v) is 8.82. The first-order chi connectivity index (χ1) is 12.8. The summed E-state index contributed by atoms with van der Waals surface area (Å²) in [6.45, 7) is 4.83. The SMILES string of the molecule is CC(C)c1nc2c(n1C)CCN(C(=O)CNC(=O)c1cc(F)cc(F)c1)C2. The Hall–Kier alpha value is -2.77. The lowest BCUT2D eigenvalue weighted by Crippen LogP contribution is -2.42. The molecule has 3 rings (SSSR count). The molecule has 27 heavy (non-hydrogen) atoms. The summed E-state index contributed by atoms with van der Waals surface area (Å²) in [5.41, 5.74) is 1.84. The molecule has 1 aromatic carbocycles. The van der Waals surface area contributed by atoms with Crippen LogP contribution in [0.5, 0.6) is 0 Å². The number of halogens is 2. The Morgan fingerprint density at radius 1 is 1.22 bits per heavy atom. The molecule has 1 aliphatic rings. The Balaban J connectivity index is 1.62. The van der Waals surface area contributed by atoms with E-state index in [1.807, 2.05) is 7.05 Å². The van der Waals surface area contributed by atoms with Crippen molar-refractivity contribution in [1.29, 1.82) is 0 Å². The van der Waals surface area contributed by atoms with Crippen LogP contribution in [-0.4, -0.2) is 39.4 Å². The van der Waals surface area contributed by atoms with Gasteiger partial charge in [0.1, 0.15) is 17.5 Å². The summed E-state index contributed by atoms with van der Waals surface area (Å²) in [4.78, 5) is 30.7. The molecule has 6 nitrogen and oxygen atoms in total. The van der Waals surface area contributed by atoms with Crippen molar-refractivity contribution < 1.29 is 18.4 Å². The maximum absolute atomic E-state index is 13.2. The molecule has 2 amide bonds. The van der Waals surface area contributed by atoms with Crippen molar-refractivity contribution in [2.45, 2.75) is 32.7 Å². The van der Waals surface area contributed by atoms with Gasteiger partial charge in [-0.3, -0.25) is 9.59 Å². The molecule has 0 spiro atoms. The summed E-state index contributed by atoms with van der Waals surface area (Å²) in [5.74, 6) is -1.37. The Morgan fingerprint density at radius 3 is 2.52 bits per heavy atom. The molecule has 1 aromatic heterocycles. The zero-order chi connectivity index (χ0) is 19.7. The summed E-state index contributed by atoms with van der Waals surface area (Å²) in [6.07, 6.45) is 0.695. The predicted octanol–water partition coefficient (Wildman–Crippen LogP) is 2.14. The molecule has 0 radical (unpaired) electrons. The minimum absolute atomic E-state index is 0.160. The average molecular weight is 376 g/mol. The van der Waals surface area contributed by atoms with E-state index in [2.05, 4.69) is 28.7 Å². The Bertz CT molecular complexity index is 872. The summed E-state index contributed by atoms with van der Waals surface area (Å²) in [5, 5.41) is 2.42. The van der Waals surface area contributed by atoms with E-state index in [-0.39, 0.29) is 23.9 Å². The quantitative estimate of drug-likeness (QED) is 0.889. The number of aromatic nitrogens is 2. The maximum atomic E-state index is 13.2. The van der Waals surface area contributed by atoms with E-state index >= 15 is 0 Å². The van der Waals surface area contributed by atoms with Gasteiger partial charge in [-0.1, -0.05) is 13.8 Å². The van der Waals surface area contributed by atoms with Gasteiger partial charge >= 0.3 is 0 Å². The molecule has 0 saturated carbocycles. The van der Waals surface area contributed by atoms with Crippen LogP contribution in [0.15, 0.2) is 18.2 Å². The van der Waals surface area contributed by atoms with Crippen molar-refractivity contribution in [3.63, 3.8) is 0 Å². The van der Waals surface area contributed by atoms with Crippen LogP contribution in [0.25, 0.3) is 0 Å². The number of amides is 2. The molecule has 2 aromatic rings. The second-order valence-corrected chi connectivity index (χ2v) is 6.98. The highest BCUT2D eigenvalue weighted by atomic mass is 19.1. The number of rotatable bonds is 4. The molecule has 1 aliphatic heterocycles. The second-order valence-electron chi connectivity index (χ2n) is 6.98. The smallest absolute Gasteiger partial charge is 0.251 e. The summed E-state index contributed by atoms with van der Waals surface area (Å²) < 4.78 is 28.5. The van der Waals surface area contributed by atoms with E-state index in [1.165, 1.54) is 0 Å². The molecule has 0 fully saturated rings. The molecular weight excluding hydrogens is 354 g/mol. The molecule has 8 heteroatoms. The van der Waals surface area contributed by atoms with Crippen molar-refractivity contribution in [3.05, 3.63) is 52.6 Å². The number of carbonyl (C=O) groups excluding carboxylic acids is 2. The number of fused-ring (bicyclic) bond motifs is 1. The zero-order valence-electron chi connectivity index (χ0n) is 15.6. The van der Waals surface area contributed by atoms with Crippen molar-refractivity contribution in [1.82, 2.24) is 19.8 Å². The van der Waals surface area contributed by atoms with Gasteiger partial charge < -0.3 is 14.8 Å². The Labute approximate surface area is 156 Å². The first kappa shape index (κ1) is 19.0. The minimum atomic E-state index is -0.842. The highest BCUT2D eigenvalue weighted by molar-refractivity contribution is 5.96. The number of nitrogens with zero attached hydrogens (tertiary/aromatic N) is 3. The van der Waals surface area contributed by atoms with Crippen LogP contribution in [-0.2, 0) is 24.8 Å². The van der Waals surface area contributed by atoms with E-state index in [0.717, 1.165) is 29.3 Å². The zero-order valence-corrected chi connectivity index (χ0v) is 15.6. The van der Waals surface area contributed by atoms with E-state index in [9.17, 15) is 18.4 Å². The van der Waals surface area contributed by atoms with Gasteiger partial charge in [0.2, 0.25) is 5.91 Å². The molecule has 0 unspecified atom stereocenters. The normalized spacial score (nSPS) is 13.6. The summed E-state index contributed by atoms with van der Waals surface area (Å²) in [6, 6.07) is 2.54. The fourth-order valence-electron chi connectivity index (χ4n) is 3.33. The van der Waals surface area contributed by atoms with Gasteiger partial charge in [0.15, 0.2) is 0 Å². The highest BCUT2D eigenvalue weighted by Crippen LogP contribution is 2.23. The van der Waals surface area contributed by atoms with E-state index in [4.69, 9.17) is 0 Å². The third-order valence-electron chi connectivity index (χ3n) is 4.68. The molecule has 2 heterocycles. The van der Waals surface area contributed by atoms with Crippen LogP contribution in [0.3, 0.4) is 0 Å². The van der Waals surface area contributed by atoms with Crippen LogP contribution >= 0.6 is 0 Å². The standard InChI is InChI=1S/C19H22F2N4O2/c1-11(2)18-23-15-10-25(5-4-16(15)24(18)3)17(26)9-22-19(27)12-6-13(20)8-14(21)7-12/h6-8,11H,4-5,9-10H2,1-3H3,(H,22,27).